The maximum Gasteiger partial charge on any atom is 0.234 e. The molecule has 2 fully saturated rings. The predicted molar refractivity (Wildman–Crippen MR) is 123 cm³/mol. The largest absolute Gasteiger partial charge is 0.367 e. The van der Waals surface area contributed by atoms with Gasteiger partial charge in [0.2, 0.25) is 5.95 Å². The lowest BCUT2D eigenvalue weighted by Crippen LogP contribution is -2.56. The number of anilines is 3. The Balaban J connectivity index is 1.75. The Bertz CT molecular complexity index is 919. The van der Waals surface area contributed by atoms with Gasteiger partial charge in [0.15, 0.2) is 5.78 Å². The predicted octanol–water partition coefficient (Wildman–Crippen LogP) is 2.88. The highest BCUT2D eigenvalue weighted by Gasteiger charge is 2.27. The second-order valence-electron chi connectivity index (χ2n) is 8.23. The number of carbonyl (C=O) groups excluding carboxylic acids is 1. The van der Waals surface area contributed by atoms with Crippen molar-refractivity contribution in [2.75, 3.05) is 29.9 Å². The topological polar surface area (TPSA) is 95.1 Å². The summed E-state index contributed by atoms with van der Waals surface area (Å²) in [6.45, 7) is 6.04. The Hall–Kier alpha value is -2.84. The van der Waals surface area contributed by atoms with Crippen molar-refractivity contribution >= 4 is 28.9 Å². The second kappa shape index (κ2) is 9.98. The number of allylic oxidation sites excluding steroid dienone is 2. The van der Waals surface area contributed by atoms with Gasteiger partial charge in [-0.05, 0) is 50.5 Å². The minimum absolute atomic E-state index is 0.0114. The smallest absolute Gasteiger partial charge is 0.234 e. The number of nitrogens with zero attached hydrogens (tertiary/aromatic N) is 4. The molecule has 1 unspecified atom stereocenters. The molecule has 31 heavy (non-hydrogen) atoms. The number of ketones is 1. The van der Waals surface area contributed by atoms with Crippen LogP contribution in [0.4, 0.5) is 17.6 Å². The van der Waals surface area contributed by atoms with E-state index in [9.17, 15) is 4.79 Å². The van der Waals surface area contributed by atoms with Crippen LogP contribution in [0.1, 0.15) is 45.1 Å². The molecule has 8 heteroatoms. The van der Waals surface area contributed by atoms with Crippen LogP contribution in [0.2, 0.25) is 0 Å². The lowest BCUT2D eigenvalue weighted by Gasteiger charge is -2.35. The number of rotatable bonds is 7. The Kier molecular flexibility index (Phi) is 6.89. The van der Waals surface area contributed by atoms with Gasteiger partial charge < -0.3 is 10.6 Å². The van der Waals surface area contributed by atoms with Crippen molar-refractivity contribution < 1.29 is 4.79 Å². The van der Waals surface area contributed by atoms with E-state index in [1.807, 2.05) is 36.2 Å². The van der Waals surface area contributed by atoms with Crippen LogP contribution in [0.15, 0.2) is 36.7 Å². The van der Waals surface area contributed by atoms with Crippen molar-refractivity contribution in [2.24, 2.45) is 0 Å². The quantitative estimate of drug-likeness (QED) is 0.588. The fourth-order valence-corrected chi connectivity index (χ4v) is 4.25. The van der Waals surface area contributed by atoms with Crippen LogP contribution in [0.5, 0.6) is 0 Å². The molecule has 1 saturated carbocycles. The van der Waals surface area contributed by atoms with E-state index in [0.29, 0.717) is 12.0 Å². The Labute approximate surface area is 183 Å². The van der Waals surface area contributed by atoms with E-state index in [2.05, 4.69) is 20.9 Å². The first-order valence-electron chi connectivity index (χ1n) is 11.1. The van der Waals surface area contributed by atoms with Gasteiger partial charge in [0, 0.05) is 43.6 Å². The van der Waals surface area contributed by atoms with Gasteiger partial charge in [0.05, 0.1) is 0 Å². The number of aromatic nitrogens is 3. The highest BCUT2D eigenvalue weighted by atomic mass is 16.1. The summed E-state index contributed by atoms with van der Waals surface area (Å²) < 4.78 is 0. The van der Waals surface area contributed by atoms with Crippen molar-refractivity contribution in [1.29, 1.82) is 0 Å². The molecule has 164 valence electrons. The third kappa shape index (κ3) is 5.26. The average Bonchev–Trinajstić information content (AvgIpc) is 3.28. The number of hydrogen-bond acceptors (Lipinski definition) is 8. The van der Waals surface area contributed by atoms with Gasteiger partial charge in [0.1, 0.15) is 17.8 Å². The summed E-state index contributed by atoms with van der Waals surface area (Å²) >= 11 is 0. The molecule has 2 aromatic rings. The summed E-state index contributed by atoms with van der Waals surface area (Å²) in [7, 11) is 0. The van der Waals surface area contributed by atoms with Crippen LogP contribution < -0.4 is 20.9 Å². The van der Waals surface area contributed by atoms with E-state index in [-0.39, 0.29) is 11.9 Å². The molecule has 0 radical (unpaired) electrons. The summed E-state index contributed by atoms with van der Waals surface area (Å²) in [6.07, 6.45) is 9.95. The van der Waals surface area contributed by atoms with E-state index < -0.39 is 0 Å². The maximum atomic E-state index is 11.7. The van der Waals surface area contributed by atoms with Crippen LogP contribution in [-0.2, 0) is 4.79 Å². The van der Waals surface area contributed by atoms with Crippen molar-refractivity contribution in [2.45, 2.75) is 51.7 Å². The Morgan fingerprint density at radius 3 is 2.71 bits per heavy atom. The van der Waals surface area contributed by atoms with E-state index in [4.69, 9.17) is 9.97 Å². The molecule has 3 N–H and O–H groups in total. The number of carbonyl (C=O) groups is 1. The van der Waals surface area contributed by atoms with Gasteiger partial charge in [-0.2, -0.15) is 4.98 Å². The fourth-order valence-electron chi connectivity index (χ4n) is 4.25. The van der Waals surface area contributed by atoms with Crippen molar-refractivity contribution in [3.05, 3.63) is 42.2 Å². The highest BCUT2D eigenvalue weighted by molar-refractivity contribution is 5.95. The molecule has 0 bridgehead atoms. The van der Waals surface area contributed by atoms with Crippen LogP contribution in [0, 0.1) is 0 Å². The molecule has 1 aliphatic carbocycles. The Morgan fingerprint density at radius 2 is 2.03 bits per heavy atom. The van der Waals surface area contributed by atoms with E-state index in [1.165, 1.54) is 12.8 Å². The third-order valence-electron chi connectivity index (χ3n) is 5.76. The zero-order valence-corrected chi connectivity index (χ0v) is 18.3. The zero-order valence-electron chi connectivity index (χ0n) is 18.3. The first-order chi connectivity index (χ1) is 15.1. The van der Waals surface area contributed by atoms with Crippen molar-refractivity contribution in [3.63, 3.8) is 0 Å². The molecule has 8 nitrogen and oxygen atoms in total. The van der Waals surface area contributed by atoms with E-state index in [1.54, 1.807) is 19.2 Å². The van der Waals surface area contributed by atoms with Gasteiger partial charge in [-0.15, -0.1) is 0 Å². The van der Waals surface area contributed by atoms with Gasteiger partial charge in [-0.25, -0.2) is 9.97 Å². The summed E-state index contributed by atoms with van der Waals surface area (Å²) in [5.41, 5.74) is 1.72. The molecular weight excluding hydrogens is 390 g/mol. The fraction of sp³-hybridized carbons (Fsp3) is 0.478. The molecule has 1 atom stereocenters. The SMILES string of the molecule is CC(=O)C=C(C)c1cnc(N(c2ccccn2)C2CNCCN2)nc1NC1CCCC1. The normalized spacial score (nSPS) is 19.9. The molecule has 1 saturated heterocycles. The summed E-state index contributed by atoms with van der Waals surface area (Å²) in [4.78, 5) is 28.0. The summed E-state index contributed by atoms with van der Waals surface area (Å²) in [6, 6.07) is 6.24. The number of nitrogens with one attached hydrogen (secondary N) is 3. The molecule has 0 spiro atoms. The lowest BCUT2D eigenvalue weighted by atomic mass is 10.1. The average molecular weight is 422 g/mol. The van der Waals surface area contributed by atoms with Gasteiger partial charge in [-0.1, -0.05) is 18.9 Å². The first-order valence-corrected chi connectivity index (χ1v) is 11.1. The second-order valence-corrected chi connectivity index (χ2v) is 8.23. The molecule has 1 aliphatic heterocycles. The number of piperazine rings is 1. The molecule has 2 aliphatic rings. The van der Waals surface area contributed by atoms with Crippen LogP contribution in [-0.4, -0.2) is 52.6 Å². The zero-order chi connectivity index (χ0) is 21.6. The highest BCUT2D eigenvalue weighted by Crippen LogP contribution is 2.30. The molecule has 4 rings (SSSR count). The summed E-state index contributed by atoms with van der Waals surface area (Å²) in [5, 5.41) is 10.6. The standard InChI is InChI=1S/C23H31N7O/c1-16(13-17(2)31)19-14-27-23(29-22(19)28-18-7-3-4-8-18)30(20-9-5-6-10-25-20)21-15-24-11-12-26-21/h5-6,9-10,13-14,18,21,24,26H,3-4,7-8,11-12,15H2,1-2H3,(H,27,28,29). The van der Waals surface area contributed by atoms with Gasteiger partial charge >= 0.3 is 0 Å². The van der Waals surface area contributed by atoms with E-state index in [0.717, 1.165) is 55.2 Å². The number of pyridine rings is 1. The first kappa shape index (κ1) is 21.4. The minimum Gasteiger partial charge on any atom is -0.367 e. The number of hydrogen-bond donors (Lipinski definition) is 3. The molecule has 2 aromatic heterocycles. The molecular formula is C23H31N7O. The molecule has 0 aromatic carbocycles. The minimum atomic E-state index is -0.0114. The third-order valence-corrected chi connectivity index (χ3v) is 5.76. The van der Waals surface area contributed by atoms with Crippen molar-refractivity contribution in [1.82, 2.24) is 25.6 Å². The maximum absolute atomic E-state index is 11.7. The lowest BCUT2D eigenvalue weighted by molar-refractivity contribution is -0.112. The van der Waals surface area contributed by atoms with Gasteiger partial charge in [0.25, 0.3) is 0 Å². The van der Waals surface area contributed by atoms with Crippen molar-refractivity contribution in [3.8, 4) is 0 Å². The van der Waals surface area contributed by atoms with Crippen LogP contribution in [0.25, 0.3) is 5.57 Å². The van der Waals surface area contributed by atoms with Gasteiger partial charge in [-0.3, -0.25) is 15.0 Å². The van der Waals surface area contributed by atoms with E-state index >= 15 is 0 Å². The summed E-state index contributed by atoms with van der Waals surface area (Å²) in [5.74, 6) is 2.16. The van der Waals surface area contributed by atoms with Crippen LogP contribution >= 0.6 is 0 Å². The Morgan fingerprint density at radius 1 is 1.19 bits per heavy atom. The molecule has 3 heterocycles. The van der Waals surface area contributed by atoms with Crippen LogP contribution in [0.3, 0.4) is 0 Å². The monoisotopic (exact) mass is 421 g/mol. The molecule has 0 amide bonds.